The number of aliphatic hydroxyl groups excluding tert-OH is 1. The minimum atomic E-state index is -0.408. The molecule has 2 unspecified atom stereocenters. The van der Waals surface area contributed by atoms with Crippen molar-refractivity contribution in [2.75, 3.05) is 5.32 Å². The lowest BCUT2D eigenvalue weighted by molar-refractivity contribution is 0.200. The Kier molecular flexibility index (Phi) is 4.06. The molecular weight excluding hydrogens is 210 g/mol. The number of anilines is 1. The molecule has 1 aromatic rings. The molecule has 0 aromatic heterocycles. The number of hydrogen-bond donors (Lipinski definition) is 2. The molecule has 0 amide bonds. The molecule has 2 nitrogen and oxygen atoms in total. The van der Waals surface area contributed by atoms with E-state index in [1.54, 1.807) is 0 Å². The molecule has 0 saturated heterocycles. The first-order chi connectivity index (χ1) is 8.18. The highest BCUT2D eigenvalue weighted by atomic mass is 16.3. The van der Waals surface area contributed by atoms with Gasteiger partial charge in [0.15, 0.2) is 0 Å². The highest BCUT2D eigenvalue weighted by Gasteiger charge is 2.22. The summed E-state index contributed by atoms with van der Waals surface area (Å²) < 4.78 is 0. The first kappa shape index (κ1) is 12.4. The van der Waals surface area contributed by atoms with Gasteiger partial charge in [0.1, 0.15) is 0 Å². The lowest BCUT2D eigenvalue weighted by atomic mass is 9.98. The lowest BCUT2D eigenvalue weighted by Gasteiger charge is -2.24. The van der Waals surface area contributed by atoms with Crippen LogP contribution in [0.3, 0.4) is 0 Å². The summed E-state index contributed by atoms with van der Waals surface area (Å²) in [5.41, 5.74) is 2.08. The van der Waals surface area contributed by atoms with Crippen molar-refractivity contribution in [3.05, 3.63) is 29.8 Å². The molecule has 2 rings (SSSR count). The van der Waals surface area contributed by atoms with Gasteiger partial charge in [-0.25, -0.2) is 0 Å². The molecule has 1 saturated carbocycles. The van der Waals surface area contributed by atoms with E-state index < -0.39 is 6.10 Å². The quantitative estimate of drug-likeness (QED) is 0.830. The second-order valence-corrected chi connectivity index (χ2v) is 5.24. The largest absolute Gasteiger partial charge is 0.389 e. The Morgan fingerprint density at radius 2 is 1.82 bits per heavy atom. The summed E-state index contributed by atoms with van der Waals surface area (Å²) in [6.07, 6.45) is 5.01. The van der Waals surface area contributed by atoms with E-state index in [9.17, 15) is 5.11 Å². The number of hydrogen-bond acceptors (Lipinski definition) is 2. The van der Waals surface area contributed by atoms with Crippen LogP contribution in [-0.4, -0.2) is 11.1 Å². The summed E-state index contributed by atoms with van der Waals surface area (Å²) in [6, 6.07) is 8.56. The molecule has 2 N–H and O–H groups in total. The maximum Gasteiger partial charge on any atom is 0.0781 e. The van der Waals surface area contributed by atoms with Gasteiger partial charge < -0.3 is 10.4 Å². The summed E-state index contributed by atoms with van der Waals surface area (Å²) >= 11 is 0. The third-order valence-corrected chi connectivity index (χ3v) is 3.90. The van der Waals surface area contributed by atoms with Gasteiger partial charge >= 0.3 is 0 Å². The molecule has 1 aliphatic carbocycles. The fourth-order valence-corrected chi connectivity index (χ4v) is 2.81. The second-order valence-electron chi connectivity index (χ2n) is 5.24. The van der Waals surface area contributed by atoms with Gasteiger partial charge in [-0.1, -0.05) is 31.0 Å². The molecule has 0 radical (unpaired) electrons. The third-order valence-electron chi connectivity index (χ3n) is 3.90. The Morgan fingerprint density at radius 1 is 1.18 bits per heavy atom. The van der Waals surface area contributed by atoms with Crippen LogP contribution in [0, 0.1) is 5.92 Å². The van der Waals surface area contributed by atoms with Crippen molar-refractivity contribution in [3.8, 4) is 0 Å². The normalized spacial score (nSPS) is 20.2. The molecule has 1 aliphatic rings. The molecule has 1 aromatic carbocycles. The fourth-order valence-electron chi connectivity index (χ4n) is 2.81. The smallest absolute Gasteiger partial charge is 0.0781 e. The lowest BCUT2D eigenvalue weighted by Crippen LogP contribution is -2.24. The average Bonchev–Trinajstić information content (AvgIpc) is 2.83. The van der Waals surface area contributed by atoms with Crippen LogP contribution < -0.4 is 5.32 Å². The van der Waals surface area contributed by atoms with Crippen molar-refractivity contribution in [1.82, 2.24) is 0 Å². The summed E-state index contributed by atoms with van der Waals surface area (Å²) in [6.45, 7) is 4.08. The van der Waals surface area contributed by atoms with Crippen molar-refractivity contribution >= 4 is 5.69 Å². The van der Waals surface area contributed by atoms with E-state index in [1.165, 1.54) is 25.7 Å². The van der Waals surface area contributed by atoms with Crippen molar-refractivity contribution in [2.45, 2.75) is 51.7 Å². The molecule has 0 bridgehead atoms. The maximum atomic E-state index is 9.74. The van der Waals surface area contributed by atoms with Gasteiger partial charge in [-0.15, -0.1) is 0 Å². The summed E-state index contributed by atoms with van der Waals surface area (Å²) in [5.74, 6) is 0.789. The minimum Gasteiger partial charge on any atom is -0.389 e. The fraction of sp³-hybridized carbons (Fsp3) is 0.600. The van der Waals surface area contributed by atoms with Gasteiger partial charge in [-0.3, -0.25) is 0 Å². The highest BCUT2D eigenvalue weighted by Crippen LogP contribution is 2.31. The number of rotatable bonds is 4. The Hall–Kier alpha value is -1.02. The minimum absolute atomic E-state index is 0.408. The number of para-hydroxylation sites is 1. The maximum absolute atomic E-state index is 9.74. The van der Waals surface area contributed by atoms with Crippen LogP contribution in [-0.2, 0) is 0 Å². The molecular formula is C15H23NO. The van der Waals surface area contributed by atoms with Gasteiger partial charge in [-0.05, 0) is 38.7 Å². The van der Waals surface area contributed by atoms with Crippen LogP contribution in [0.2, 0.25) is 0 Å². The average molecular weight is 233 g/mol. The molecule has 0 heterocycles. The molecule has 2 atom stereocenters. The van der Waals surface area contributed by atoms with Gasteiger partial charge in [0.2, 0.25) is 0 Å². The molecule has 2 heteroatoms. The van der Waals surface area contributed by atoms with E-state index >= 15 is 0 Å². The second kappa shape index (κ2) is 5.54. The first-order valence-corrected chi connectivity index (χ1v) is 6.72. The Morgan fingerprint density at radius 3 is 2.47 bits per heavy atom. The van der Waals surface area contributed by atoms with Crippen LogP contribution in [0.15, 0.2) is 24.3 Å². The third kappa shape index (κ3) is 3.01. The summed E-state index contributed by atoms with van der Waals surface area (Å²) in [4.78, 5) is 0. The van der Waals surface area contributed by atoms with E-state index in [1.807, 2.05) is 25.1 Å². The van der Waals surface area contributed by atoms with E-state index in [4.69, 9.17) is 0 Å². The zero-order chi connectivity index (χ0) is 12.3. The van der Waals surface area contributed by atoms with Gasteiger partial charge in [0.25, 0.3) is 0 Å². The Bertz CT molecular complexity index is 356. The predicted octanol–water partition coefficient (Wildman–Crippen LogP) is 3.73. The molecule has 0 spiro atoms. The van der Waals surface area contributed by atoms with E-state index in [-0.39, 0.29) is 0 Å². The molecule has 17 heavy (non-hydrogen) atoms. The molecule has 94 valence electrons. The van der Waals surface area contributed by atoms with Crippen molar-refractivity contribution < 1.29 is 5.11 Å². The SMILES string of the molecule is CC(O)c1ccccc1NC(C)C1CCCC1. The zero-order valence-corrected chi connectivity index (χ0v) is 10.8. The molecule has 1 fully saturated rings. The Balaban J connectivity index is 2.06. The summed E-state index contributed by atoms with van der Waals surface area (Å²) in [7, 11) is 0. The van der Waals surface area contributed by atoms with Gasteiger partial charge in [0.05, 0.1) is 6.10 Å². The Labute approximate surface area is 104 Å². The number of nitrogens with one attached hydrogen (secondary N) is 1. The van der Waals surface area contributed by atoms with Crippen LogP contribution in [0.4, 0.5) is 5.69 Å². The zero-order valence-electron chi connectivity index (χ0n) is 10.8. The van der Waals surface area contributed by atoms with Gasteiger partial charge in [-0.2, -0.15) is 0 Å². The highest BCUT2D eigenvalue weighted by molar-refractivity contribution is 5.52. The van der Waals surface area contributed by atoms with E-state index in [2.05, 4.69) is 18.3 Å². The van der Waals surface area contributed by atoms with Crippen LogP contribution in [0.5, 0.6) is 0 Å². The topological polar surface area (TPSA) is 32.3 Å². The first-order valence-electron chi connectivity index (χ1n) is 6.72. The number of benzene rings is 1. The van der Waals surface area contributed by atoms with Crippen molar-refractivity contribution in [3.63, 3.8) is 0 Å². The van der Waals surface area contributed by atoms with E-state index in [0.717, 1.165) is 17.2 Å². The van der Waals surface area contributed by atoms with Crippen LogP contribution >= 0.6 is 0 Å². The van der Waals surface area contributed by atoms with Crippen LogP contribution in [0.1, 0.15) is 51.2 Å². The molecule has 0 aliphatic heterocycles. The van der Waals surface area contributed by atoms with Crippen molar-refractivity contribution in [2.24, 2.45) is 5.92 Å². The standard InChI is InChI=1S/C15H23NO/c1-11(13-7-3-4-8-13)16-15-10-6-5-9-14(15)12(2)17/h5-6,9-13,16-17H,3-4,7-8H2,1-2H3. The van der Waals surface area contributed by atoms with Crippen molar-refractivity contribution in [1.29, 1.82) is 0 Å². The van der Waals surface area contributed by atoms with Crippen LogP contribution in [0.25, 0.3) is 0 Å². The summed E-state index contributed by atoms with van der Waals surface area (Å²) in [5, 5.41) is 13.3. The predicted molar refractivity (Wildman–Crippen MR) is 72.1 cm³/mol. The van der Waals surface area contributed by atoms with Gasteiger partial charge in [0, 0.05) is 17.3 Å². The monoisotopic (exact) mass is 233 g/mol. The van der Waals surface area contributed by atoms with E-state index in [0.29, 0.717) is 6.04 Å². The number of aliphatic hydroxyl groups is 1.